The molecule has 1 atom stereocenters. The van der Waals surface area contributed by atoms with E-state index in [0.29, 0.717) is 12.5 Å². The highest BCUT2D eigenvalue weighted by Crippen LogP contribution is 2.24. The van der Waals surface area contributed by atoms with Crippen LogP contribution in [-0.2, 0) is 9.84 Å². The van der Waals surface area contributed by atoms with Gasteiger partial charge in [-0.3, -0.25) is 0 Å². The zero-order valence-electron chi connectivity index (χ0n) is 12.6. The Bertz CT molecular complexity index is 653. The molecule has 7 heteroatoms. The van der Waals surface area contributed by atoms with Crippen molar-refractivity contribution >= 4 is 27.2 Å². The molecular formula is C15H21N3O3S. The number of nitrogens with one attached hydrogen (secondary N) is 2. The summed E-state index contributed by atoms with van der Waals surface area (Å²) in [4.78, 5) is 13.7. The van der Waals surface area contributed by atoms with Crippen molar-refractivity contribution in [2.24, 2.45) is 0 Å². The van der Waals surface area contributed by atoms with E-state index in [1.165, 1.54) is 0 Å². The summed E-state index contributed by atoms with van der Waals surface area (Å²) in [6.45, 7) is 0. The van der Waals surface area contributed by atoms with Gasteiger partial charge in [-0.25, -0.2) is 13.2 Å². The van der Waals surface area contributed by atoms with Gasteiger partial charge in [0, 0.05) is 30.5 Å². The zero-order valence-corrected chi connectivity index (χ0v) is 13.4. The molecule has 2 N–H and O–H groups in total. The van der Waals surface area contributed by atoms with E-state index in [1.54, 1.807) is 0 Å². The van der Waals surface area contributed by atoms with Crippen LogP contribution in [0.5, 0.6) is 0 Å². The average molecular weight is 323 g/mol. The fraction of sp³-hybridized carbons (Fsp3) is 0.533. The summed E-state index contributed by atoms with van der Waals surface area (Å²) >= 11 is 0. The number of carbonyl (C=O) groups excluding carboxylic acids is 1. The van der Waals surface area contributed by atoms with Crippen molar-refractivity contribution in [1.29, 1.82) is 0 Å². The van der Waals surface area contributed by atoms with Crippen LogP contribution in [-0.4, -0.2) is 45.1 Å². The highest BCUT2D eigenvalue weighted by atomic mass is 32.2. The summed E-state index contributed by atoms with van der Waals surface area (Å²) in [7, 11) is -0.975. The average Bonchev–Trinajstić information content (AvgIpc) is 3.20. The van der Waals surface area contributed by atoms with Crippen molar-refractivity contribution in [2.75, 3.05) is 28.8 Å². The molecule has 2 amide bonds. The third-order valence-corrected chi connectivity index (χ3v) is 5.95. The van der Waals surface area contributed by atoms with Crippen LogP contribution in [0.1, 0.15) is 19.3 Å². The molecule has 1 heterocycles. The first-order chi connectivity index (χ1) is 10.4. The van der Waals surface area contributed by atoms with Crippen LogP contribution >= 0.6 is 0 Å². The lowest BCUT2D eigenvalue weighted by atomic mass is 10.2. The van der Waals surface area contributed by atoms with Crippen LogP contribution in [0, 0.1) is 0 Å². The van der Waals surface area contributed by atoms with Crippen LogP contribution in [0.4, 0.5) is 16.2 Å². The molecule has 1 aliphatic heterocycles. The number of benzene rings is 1. The van der Waals surface area contributed by atoms with E-state index < -0.39 is 9.84 Å². The Morgan fingerprint density at radius 2 is 1.86 bits per heavy atom. The Hall–Kier alpha value is -1.76. The van der Waals surface area contributed by atoms with Gasteiger partial charge in [0.1, 0.15) is 0 Å². The molecule has 2 fully saturated rings. The predicted octanol–water partition coefficient (Wildman–Crippen LogP) is 1.59. The number of amides is 2. The first-order valence-corrected chi connectivity index (χ1v) is 9.36. The van der Waals surface area contributed by atoms with E-state index in [9.17, 15) is 13.2 Å². The second-order valence-corrected chi connectivity index (χ2v) is 8.32. The number of anilines is 2. The molecule has 0 aromatic heterocycles. The number of carbonyl (C=O) groups is 1. The van der Waals surface area contributed by atoms with E-state index in [-0.39, 0.29) is 23.6 Å². The summed E-state index contributed by atoms with van der Waals surface area (Å²) < 4.78 is 23.1. The first kappa shape index (κ1) is 15.1. The summed E-state index contributed by atoms with van der Waals surface area (Å²) in [5.74, 6) is 0.482. The van der Waals surface area contributed by atoms with Crippen LogP contribution in [0.15, 0.2) is 24.3 Å². The minimum absolute atomic E-state index is 0.0296. The van der Waals surface area contributed by atoms with E-state index in [2.05, 4.69) is 10.6 Å². The SMILES string of the molecule is CN(c1ccc(NC(=O)NC2CC2)cc1)C1CCS(=O)(=O)C1. The van der Waals surface area contributed by atoms with Crippen molar-refractivity contribution < 1.29 is 13.2 Å². The quantitative estimate of drug-likeness (QED) is 0.882. The molecular weight excluding hydrogens is 302 g/mol. The fourth-order valence-corrected chi connectivity index (χ4v) is 4.43. The number of hydrogen-bond acceptors (Lipinski definition) is 4. The standard InChI is InChI=1S/C15H21N3O3S/c1-18(14-8-9-22(20,21)10-14)13-6-4-12(5-7-13)17-15(19)16-11-2-3-11/h4-7,11,14H,2-3,8-10H2,1H3,(H2,16,17,19). The number of sulfone groups is 1. The van der Waals surface area contributed by atoms with Crippen LogP contribution in [0.3, 0.4) is 0 Å². The molecule has 0 spiro atoms. The van der Waals surface area contributed by atoms with Crippen LogP contribution in [0.2, 0.25) is 0 Å². The lowest BCUT2D eigenvalue weighted by Gasteiger charge is -2.25. The minimum Gasteiger partial charge on any atom is -0.371 e. The Kier molecular flexibility index (Phi) is 3.99. The smallest absolute Gasteiger partial charge is 0.319 e. The van der Waals surface area contributed by atoms with Gasteiger partial charge in [-0.05, 0) is 43.5 Å². The second kappa shape index (κ2) is 5.79. The third-order valence-electron chi connectivity index (χ3n) is 4.20. The molecule has 1 aliphatic carbocycles. The Balaban J connectivity index is 1.59. The van der Waals surface area contributed by atoms with Gasteiger partial charge in [0.2, 0.25) is 0 Å². The maximum absolute atomic E-state index is 11.7. The summed E-state index contributed by atoms with van der Waals surface area (Å²) in [6.07, 6.45) is 2.78. The maximum atomic E-state index is 11.7. The largest absolute Gasteiger partial charge is 0.371 e. The lowest BCUT2D eigenvalue weighted by molar-refractivity contribution is 0.251. The number of rotatable bonds is 4. The number of hydrogen-bond donors (Lipinski definition) is 2. The van der Waals surface area contributed by atoms with Gasteiger partial charge in [-0.1, -0.05) is 0 Å². The number of urea groups is 1. The minimum atomic E-state index is -2.89. The molecule has 0 radical (unpaired) electrons. The predicted molar refractivity (Wildman–Crippen MR) is 87.1 cm³/mol. The summed E-state index contributed by atoms with van der Waals surface area (Å²) in [5, 5.41) is 5.66. The second-order valence-electron chi connectivity index (χ2n) is 6.09. The van der Waals surface area contributed by atoms with Crippen molar-refractivity contribution in [2.45, 2.75) is 31.3 Å². The van der Waals surface area contributed by atoms with Gasteiger partial charge in [0.25, 0.3) is 0 Å². The van der Waals surface area contributed by atoms with Crippen LogP contribution < -0.4 is 15.5 Å². The molecule has 1 aromatic rings. The van der Waals surface area contributed by atoms with E-state index in [1.807, 2.05) is 36.2 Å². The maximum Gasteiger partial charge on any atom is 0.319 e. The molecule has 1 saturated heterocycles. The fourth-order valence-electron chi connectivity index (χ4n) is 2.65. The van der Waals surface area contributed by atoms with Crippen molar-refractivity contribution in [3.8, 4) is 0 Å². The zero-order chi connectivity index (χ0) is 15.7. The van der Waals surface area contributed by atoms with E-state index >= 15 is 0 Å². The Morgan fingerprint density at radius 3 is 2.41 bits per heavy atom. The Labute approximate surface area is 130 Å². The monoisotopic (exact) mass is 323 g/mol. The van der Waals surface area contributed by atoms with Crippen molar-refractivity contribution in [1.82, 2.24) is 5.32 Å². The molecule has 1 saturated carbocycles. The molecule has 3 rings (SSSR count). The lowest BCUT2D eigenvalue weighted by Crippen LogP contribution is -2.32. The highest BCUT2D eigenvalue weighted by molar-refractivity contribution is 7.91. The van der Waals surface area contributed by atoms with Crippen molar-refractivity contribution in [3.63, 3.8) is 0 Å². The number of nitrogens with zero attached hydrogens (tertiary/aromatic N) is 1. The normalized spacial score (nSPS) is 23.0. The topological polar surface area (TPSA) is 78.5 Å². The summed E-state index contributed by atoms with van der Waals surface area (Å²) in [5.41, 5.74) is 1.68. The third kappa shape index (κ3) is 3.71. The van der Waals surface area contributed by atoms with Gasteiger partial charge < -0.3 is 15.5 Å². The van der Waals surface area contributed by atoms with Gasteiger partial charge in [-0.15, -0.1) is 0 Å². The van der Waals surface area contributed by atoms with Crippen LogP contribution in [0.25, 0.3) is 0 Å². The first-order valence-electron chi connectivity index (χ1n) is 7.54. The molecule has 2 aliphatic rings. The van der Waals surface area contributed by atoms with Gasteiger partial charge in [-0.2, -0.15) is 0 Å². The molecule has 6 nitrogen and oxygen atoms in total. The van der Waals surface area contributed by atoms with Gasteiger partial charge in [0.05, 0.1) is 11.5 Å². The Morgan fingerprint density at radius 1 is 1.18 bits per heavy atom. The molecule has 22 heavy (non-hydrogen) atoms. The molecule has 0 bridgehead atoms. The van der Waals surface area contributed by atoms with Gasteiger partial charge in [0.15, 0.2) is 9.84 Å². The summed E-state index contributed by atoms with van der Waals surface area (Å²) in [6, 6.07) is 7.65. The van der Waals surface area contributed by atoms with E-state index in [0.717, 1.165) is 24.2 Å². The highest BCUT2D eigenvalue weighted by Gasteiger charge is 2.30. The molecule has 1 unspecified atom stereocenters. The van der Waals surface area contributed by atoms with E-state index in [4.69, 9.17) is 0 Å². The molecule has 120 valence electrons. The van der Waals surface area contributed by atoms with Gasteiger partial charge >= 0.3 is 6.03 Å². The molecule has 1 aromatic carbocycles. The van der Waals surface area contributed by atoms with Crippen molar-refractivity contribution in [3.05, 3.63) is 24.3 Å².